The molecule has 1 heterocycles. The molecule has 0 aromatic heterocycles. The van der Waals surface area contributed by atoms with Crippen molar-refractivity contribution in [1.29, 1.82) is 0 Å². The van der Waals surface area contributed by atoms with Crippen LogP contribution in [0.4, 0.5) is 5.69 Å². The van der Waals surface area contributed by atoms with Crippen LogP contribution in [0.15, 0.2) is 22.7 Å². The first-order valence-corrected chi connectivity index (χ1v) is 6.71. The number of anilines is 1. The second kappa shape index (κ2) is 5.74. The van der Waals surface area contributed by atoms with Gasteiger partial charge in [-0.1, -0.05) is 0 Å². The zero-order chi connectivity index (χ0) is 12.3. The van der Waals surface area contributed by atoms with E-state index in [-0.39, 0.29) is 0 Å². The third-order valence-corrected chi connectivity index (χ3v) is 3.71. The van der Waals surface area contributed by atoms with Crippen LogP contribution in [0.1, 0.15) is 19.8 Å². The minimum Gasteiger partial charge on any atom is -0.497 e. The topological polar surface area (TPSA) is 30.5 Å². The Labute approximate surface area is 111 Å². The van der Waals surface area contributed by atoms with Gasteiger partial charge in [-0.25, -0.2) is 0 Å². The maximum atomic E-state index is 5.77. The van der Waals surface area contributed by atoms with Crippen LogP contribution in [0.2, 0.25) is 0 Å². The number of benzene rings is 1. The predicted octanol–water partition coefficient (Wildman–Crippen LogP) is 3.44. The molecule has 0 aliphatic carbocycles. The standard InChI is InChI=1S/C13H18BrNO2/c1-9-3-4-11(17-9)8-15-13-7-10(16-2)5-6-12(13)14/h5-7,9,11,15H,3-4,8H2,1-2H3. The van der Waals surface area contributed by atoms with E-state index in [1.54, 1.807) is 7.11 Å². The van der Waals surface area contributed by atoms with Crippen LogP contribution >= 0.6 is 15.9 Å². The van der Waals surface area contributed by atoms with Crippen molar-refractivity contribution in [2.75, 3.05) is 19.0 Å². The summed E-state index contributed by atoms with van der Waals surface area (Å²) in [4.78, 5) is 0. The largest absolute Gasteiger partial charge is 0.497 e. The predicted molar refractivity (Wildman–Crippen MR) is 72.8 cm³/mol. The summed E-state index contributed by atoms with van der Waals surface area (Å²) in [5.41, 5.74) is 1.05. The summed E-state index contributed by atoms with van der Waals surface area (Å²) in [7, 11) is 1.68. The van der Waals surface area contributed by atoms with Gasteiger partial charge in [0.05, 0.1) is 25.0 Å². The molecule has 4 heteroatoms. The Bertz CT molecular complexity index is 384. The van der Waals surface area contributed by atoms with E-state index in [1.165, 1.54) is 0 Å². The summed E-state index contributed by atoms with van der Waals surface area (Å²) in [5, 5.41) is 3.40. The molecule has 0 radical (unpaired) electrons. The van der Waals surface area contributed by atoms with Crippen LogP contribution in [-0.4, -0.2) is 25.9 Å². The van der Waals surface area contributed by atoms with E-state index in [1.807, 2.05) is 18.2 Å². The first-order chi connectivity index (χ1) is 8.19. The molecular weight excluding hydrogens is 282 g/mol. The summed E-state index contributed by atoms with van der Waals surface area (Å²) in [6.45, 7) is 2.97. The summed E-state index contributed by atoms with van der Waals surface area (Å²) >= 11 is 3.52. The van der Waals surface area contributed by atoms with Crippen LogP contribution in [0.5, 0.6) is 5.75 Å². The number of methoxy groups -OCH3 is 1. The summed E-state index contributed by atoms with van der Waals surface area (Å²) in [6.07, 6.45) is 3.01. The van der Waals surface area contributed by atoms with Gasteiger partial charge in [-0.2, -0.15) is 0 Å². The molecule has 0 spiro atoms. The Balaban J connectivity index is 1.94. The van der Waals surface area contributed by atoms with Crippen LogP contribution in [0.25, 0.3) is 0 Å². The minimum absolute atomic E-state index is 0.322. The minimum atomic E-state index is 0.322. The van der Waals surface area contributed by atoms with E-state index in [9.17, 15) is 0 Å². The van der Waals surface area contributed by atoms with E-state index in [2.05, 4.69) is 28.2 Å². The van der Waals surface area contributed by atoms with E-state index < -0.39 is 0 Å². The molecule has 1 aliphatic heterocycles. The number of nitrogens with one attached hydrogen (secondary N) is 1. The molecule has 2 unspecified atom stereocenters. The maximum Gasteiger partial charge on any atom is 0.121 e. The molecule has 1 aliphatic rings. The van der Waals surface area contributed by atoms with Gasteiger partial charge in [-0.05, 0) is 47.8 Å². The highest BCUT2D eigenvalue weighted by Crippen LogP contribution is 2.28. The number of halogens is 1. The van der Waals surface area contributed by atoms with E-state index in [0.717, 1.165) is 35.3 Å². The molecule has 1 aromatic rings. The lowest BCUT2D eigenvalue weighted by atomic mass is 10.2. The zero-order valence-electron chi connectivity index (χ0n) is 10.2. The van der Waals surface area contributed by atoms with Crippen LogP contribution in [0, 0.1) is 0 Å². The lowest BCUT2D eigenvalue weighted by Gasteiger charge is -2.15. The lowest BCUT2D eigenvalue weighted by molar-refractivity contribution is 0.0637. The molecule has 2 atom stereocenters. The van der Waals surface area contributed by atoms with Crippen molar-refractivity contribution in [3.8, 4) is 5.75 Å². The summed E-state index contributed by atoms with van der Waals surface area (Å²) in [6, 6.07) is 5.91. The average Bonchev–Trinajstić information content (AvgIpc) is 2.74. The SMILES string of the molecule is COc1ccc(Br)c(NCC2CCC(C)O2)c1. The highest BCUT2D eigenvalue weighted by Gasteiger charge is 2.21. The fourth-order valence-corrected chi connectivity index (χ4v) is 2.41. The normalized spacial score (nSPS) is 23.7. The number of hydrogen-bond acceptors (Lipinski definition) is 3. The Kier molecular flexibility index (Phi) is 4.29. The molecular formula is C13H18BrNO2. The van der Waals surface area contributed by atoms with Crippen molar-refractivity contribution in [2.24, 2.45) is 0 Å². The van der Waals surface area contributed by atoms with Gasteiger partial charge in [0.1, 0.15) is 5.75 Å². The summed E-state index contributed by atoms with van der Waals surface area (Å²) < 4.78 is 12.0. The second-order valence-corrected chi connectivity index (χ2v) is 5.23. The van der Waals surface area contributed by atoms with Gasteiger partial charge >= 0.3 is 0 Å². The number of hydrogen-bond donors (Lipinski definition) is 1. The molecule has 17 heavy (non-hydrogen) atoms. The molecule has 1 saturated heterocycles. The zero-order valence-corrected chi connectivity index (χ0v) is 11.8. The van der Waals surface area contributed by atoms with Crippen LogP contribution in [-0.2, 0) is 4.74 Å². The molecule has 1 fully saturated rings. The molecule has 2 rings (SSSR count). The molecule has 0 bridgehead atoms. The van der Waals surface area contributed by atoms with E-state index in [4.69, 9.17) is 9.47 Å². The maximum absolute atomic E-state index is 5.77. The van der Waals surface area contributed by atoms with Gasteiger partial charge < -0.3 is 14.8 Å². The molecule has 1 N–H and O–H groups in total. The van der Waals surface area contributed by atoms with Gasteiger partial charge in [0.25, 0.3) is 0 Å². The first-order valence-electron chi connectivity index (χ1n) is 5.92. The molecule has 0 amide bonds. The second-order valence-electron chi connectivity index (χ2n) is 4.37. The molecule has 0 saturated carbocycles. The van der Waals surface area contributed by atoms with Gasteiger partial charge in [0.2, 0.25) is 0 Å². The Morgan fingerprint density at radius 1 is 1.47 bits per heavy atom. The smallest absolute Gasteiger partial charge is 0.121 e. The fourth-order valence-electron chi connectivity index (χ4n) is 2.03. The third-order valence-electron chi connectivity index (χ3n) is 3.01. The Hall–Kier alpha value is -0.740. The van der Waals surface area contributed by atoms with Crippen molar-refractivity contribution >= 4 is 21.6 Å². The molecule has 1 aromatic carbocycles. The number of rotatable bonds is 4. The quantitative estimate of drug-likeness (QED) is 0.924. The average molecular weight is 300 g/mol. The van der Waals surface area contributed by atoms with Gasteiger partial charge in [0.15, 0.2) is 0 Å². The lowest BCUT2D eigenvalue weighted by Crippen LogP contribution is -2.19. The first kappa shape index (κ1) is 12.7. The van der Waals surface area contributed by atoms with Crippen molar-refractivity contribution in [3.05, 3.63) is 22.7 Å². The van der Waals surface area contributed by atoms with Gasteiger partial charge in [-0.15, -0.1) is 0 Å². The van der Waals surface area contributed by atoms with E-state index >= 15 is 0 Å². The van der Waals surface area contributed by atoms with Crippen LogP contribution in [0.3, 0.4) is 0 Å². The highest BCUT2D eigenvalue weighted by molar-refractivity contribution is 9.10. The summed E-state index contributed by atoms with van der Waals surface area (Å²) in [5.74, 6) is 0.858. The molecule has 94 valence electrons. The monoisotopic (exact) mass is 299 g/mol. The van der Waals surface area contributed by atoms with Crippen molar-refractivity contribution in [2.45, 2.75) is 32.0 Å². The fraction of sp³-hybridized carbons (Fsp3) is 0.538. The third kappa shape index (κ3) is 3.36. The van der Waals surface area contributed by atoms with Crippen LogP contribution < -0.4 is 10.1 Å². The van der Waals surface area contributed by atoms with E-state index in [0.29, 0.717) is 12.2 Å². The number of ether oxygens (including phenoxy) is 2. The Morgan fingerprint density at radius 2 is 2.29 bits per heavy atom. The van der Waals surface area contributed by atoms with Gasteiger partial charge in [0, 0.05) is 17.1 Å². The van der Waals surface area contributed by atoms with Crippen molar-refractivity contribution < 1.29 is 9.47 Å². The van der Waals surface area contributed by atoms with Gasteiger partial charge in [-0.3, -0.25) is 0 Å². The van der Waals surface area contributed by atoms with Crippen molar-refractivity contribution in [1.82, 2.24) is 0 Å². The Morgan fingerprint density at radius 3 is 2.94 bits per heavy atom. The van der Waals surface area contributed by atoms with Crippen molar-refractivity contribution in [3.63, 3.8) is 0 Å². The highest BCUT2D eigenvalue weighted by atomic mass is 79.9. The molecule has 3 nitrogen and oxygen atoms in total.